The fourth-order valence-corrected chi connectivity index (χ4v) is 4.10. The van der Waals surface area contributed by atoms with Crippen molar-refractivity contribution < 1.29 is 22.9 Å². The monoisotopic (exact) mass is 386 g/mol. The number of carbonyl (C=O) groups excluding carboxylic acids is 1. The molecular weight excluding hydrogens is 367 g/mol. The van der Waals surface area contributed by atoms with Crippen LogP contribution in [0.15, 0.2) is 36.4 Å². The van der Waals surface area contributed by atoms with Gasteiger partial charge in [0.1, 0.15) is 0 Å². The lowest BCUT2D eigenvalue weighted by atomic mass is 9.79. The molecule has 27 heavy (non-hydrogen) atoms. The number of anilines is 1. The van der Waals surface area contributed by atoms with E-state index < -0.39 is 17.1 Å². The van der Waals surface area contributed by atoms with Crippen LogP contribution in [0, 0.1) is 0 Å². The molecule has 7 nitrogen and oxygen atoms in total. The molecule has 140 valence electrons. The molecule has 0 fully saturated rings. The Kier molecular flexibility index (Phi) is 4.45. The van der Waals surface area contributed by atoms with Crippen LogP contribution in [-0.2, 0) is 34.3 Å². The lowest BCUT2D eigenvalue weighted by Crippen LogP contribution is -2.37. The molecule has 1 amide bonds. The predicted molar refractivity (Wildman–Crippen MR) is 102 cm³/mol. The highest BCUT2D eigenvalue weighted by Gasteiger charge is 2.29. The molecule has 2 heterocycles. The molecule has 2 aliphatic rings. The SMILES string of the molecule is CS(=O)(=O)Nc1ccc2c(c1)CCN(Cc1ccc3c(c1)B(O)OC3)C2=O. The standard InChI is InChI=1S/C18H19BN2O5S/c1-27(24,25)20-15-4-5-16-13(9-15)6-7-21(18(16)22)10-12-2-3-14-11-26-19(23)17(14)8-12/h2-5,8-9,20,23H,6-7,10-11H2,1H3. The molecular formula is C18H19BN2O5S. The Balaban J connectivity index is 1.53. The summed E-state index contributed by atoms with van der Waals surface area (Å²) in [7, 11) is -4.26. The molecule has 9 heteroatoms. The Morgan fingerprint density at radius 2 is 2.04 bits per heavy atom. The third-order valence-electron chi connectivity index (χ3n) is 4.82. The summed E-state index contributed by atoms with van der Waals surface area (Å²) in [5, 5.41) is 9.85. The van der Waals surface area contributed by atoms with Crippen LogP contribution in [0.25, 0.3) is 0 Å². The zero-order chi connectivity index (χ0) is 19.2. The maximum absolute atomic E-state index is 12.8. The molecule has 2 aliphatic heterocycles. The van der Waals surface area contributed by atoms with E-state index in [4.69, 9.17) is 4.65 Å². The van der Waals surface area contributed by atoms with Crippen LogP contribution in [0.3, 0.4) is 0 Å². The summed E-state index contributed by atoms with van der Waals surface area (Å²) in [6.45, 7) is 1.39. The maximum atomic E-state index is 12.8. The second-order valence-corrected chi connectivity index (χ2v) is 8.67. The highest BCUT2D eigenvalue weighted by molar-refractivity contribution is 7.92. The van der Waals surface area contributed by atoms with Crippen LogP contribution < -0.4 is 10.2 Å². The topological polar surface area (TPSA) is 95.9 Å². The molecule has 0 aliphatic carbocycles. The molecule has 2 aromatic carbocycles. The largest absolute Gasteiger partial charge is 0.491 e. The Hall–Kier alpha value is -2.36. The number of hydrogen-bond acceptors (Lipinski definition) is 5. The minimum absolute atomic E-state index is 0.0838. The molecule has 0 radical (unpaired) electrons. The van der Waals surface area contributed by atoms with Gasteiger partial charge in [-0.2, -0.15) is 0 Å². The van der Waals surface area contributed by atoms with Gasteiger partial charge >= 0.3 is 7.12 Å². The minimum Gasteiger partial charge on any atom is -0.423 e. The number of sulfonamides is 1. The summed E-state index contributed by atoms with van der Waals surface area (Å²) in [6.07, 6.45) is 1.74. The number of nitrogens with one attached hydrogen (secondary N) is 1. The average Bonchev–Trinajstić information content (AvgIpc) is 2.97. The summed E-state index contributed by atoms with van der Waals surface area (Å²) < 4.78 is 30.4. The van der Waals surface area contributed by atoms with Crippen LogP contribution in [-0.4, -0.2) is 44.2 Å². The number of carbonyl (C=O) groups is 1. The van der Waals surface area contributed by atoms with E-state index in [1.165, 1.54) is 0 Å². The van der Waals surface area contributed by atoms with E-state index in [9.17, 15) is 18.2 Å². The Labute approximate surface area is 158 Å². The molecule has 0 spiro atoms. The molecule has 0 aromatic heterocycles. The van der Waals surface area contributed by atoms with Gasteiger partial charge in [-0.05, 0) is 46.8 Å². The maximum Gasteiger partial charge on any atom is 0.491 e. The van der Waals surface area contributed by atoms with Gasteiger partial charge < -0.3 is 14.6 Å². The van der Waals surface area contributed by atoms with Crippen molar-refractivity contribution in [2.24, 2.45) is 0 Å². The highest BCUT2D eigenvalue weighted by Crippen LogP contribution is 2.24. The molecule has 0 atom stereocenters. The van der Waals surface area contributed by atoms with Gasteiger partial charge in [0.15, 0.2) is 0 Å². The van der Waals surface area contributed by atoms with Crippen molar-refractivity contribution in [3.8, 4) is 0 Å². The summed E-state index contributed by atoms with van der Waals surface area (Å²) >= 11 is 0. The van der Waals surface area contributed by atoms with Crippen molar-refractivity contribution in [2.45, 2.75) is 19.6 Å². The van der Waals surface area contributed by atoms with E-state index in [0.717, 1.165) is 28.4 Å². The molecule has 2 aromatic rings. The summed E-state index contributed by atoms with van der Waals surface area (Å²) in [4.78, 5) is 14.6. The van der Waals surface area contributed by atoms with Crippen molar-refractivity contribution in [2.75, 3.05) is 17.5 Å². The molecule has 0 saturated heterocycles. The van der Waals surface area contributed by atoms with E-state index in [-0.39, 0.29) is 5.91 Å². The highest BCUT2D eigenvalue weighted by atomic mass is 32.2. The third-order valence-corrected chi connectivity index (χ3v) is 5.43. The second-order valence-electron chi connectivity index (χ2n) is 6.92. The van der Waals surface area contributed by atoms with Gasteiger partial charge in [-0.3, -0.25) is 9.52 Å². The number of nitrogens with zero attached hydrogens (tertiary/aromatic N) is 1. The van der Waals surface area contributed by atoms with Crippen molar-refractivity contribution in [3.63, 3.8) is 0 Å². The van der Waals surface area contributed by atoms with Crippen LogP contribution in [0.5, 0.6) is 0 Å². The van der Waals surface area contributed by atoms with E-state index in [1.807, 2.05) is 18.2 Å². The van der Waals surface area contributed by atoms with Crippen molar-refractivity contribution in [1.29, 1.82) is 0 Å². The Morgan fingerprint density at radius 1 is 1.22 bits per heavy atom. The van der Waals surface area contributed by atoms with Crippen LogP contribution in [0.1, 0.15) is 27.0 Å². The first kappa shape index (κ1) is 18.0. The first-order chi connectivity index (χ1) is 12.8. The molecule has 0 bridgehead atoms. The van der Waals surface area contributed by atoms with Crippen molar-refractivity contribution in [1.82, 2.24) is 4.90 Å². The Morgan fingerprint density at radius 3 is 2.81 bits per heavy atom. The van der Waals surface area contributed by atoms with Gasteiger partial charge in [0.2, 0.25) is 10.0 Å². The van der Waals surface area contributed by atoms with Crippen molar-refractivity contribution >= 4 is 34.2 Å². The van der Waals surface area contributed by atoms with E-state index in [0.29, 0.717) is 37.4 Å². The number of benzene rings is 2. The van der Waals surface area contributed by atoms with Gasteiger partial charge in [-0.1, -0.05) is 18.2 Å². The van der Waals surface area contributed by atoms with Gasteiger partial charge in [-0.15, -0.1) is 0 Å². The van der Waals surface area contributed by atoms with Gasteiger partial charge in [-0.25, -0.2) is 8.42 Å². The summed E-state index contributed by atoms with van der Waals surface area (Å²) in [5.74, 6) is -0.0838. The van der Waals surface area contributed by atoms with E-state index >= 15 is 0 Å². The van der Waals surface area contributed by atoms with Gasteiger partial charge in [0.25, 0.3) is 5.91 Å². The molecule has 2 N–H and O–H groups in total. The normalized spacial score (nSPS) is 16.3. The summed E-state index contributed by atoms with van der Waals surface area (Å²) in [6, 6.07) is 10.7. The molecule has 0 saturated carbocycles. The first-order valence-corrected chi connectivity index (χ1v) is 10.5. The Bertz CT molecular complexity index is 1020. The van der Waals surface area contributed by atoms with Gasteiger partial charge in [0, 0.05) is 24.3 Å². The third kappa shape index (κ3) is 3.71. The average molecular weight is 386 g/mol. The fourth-order valence-electron chi connectivity index (χ4n) is 3.55. The number of rotatable bonds is 4. The lowest BCUT2D eigenvalue weighted by molar-refractivity contribution is 0.0727. The number of hydrogen-bond donors (Lipinski definition) is 2. The first-order valence-electron chi connectivity index (χ1n) is 8.61. The van der Waals surface area contributed by atoms with Crippen LogP contribution >= 0.6 is 0 Å². The zero-order valence-corrected chi connectivity index (χ0v) is 15.6. The van der Waals surface area contributed by atoms with Crippen molar-refractivity contribution in [3.05, 3.63) is 58.7 Å². The van der Waals surface area contributed by atoms with Crippen LogP contribution in [0.4, 0.5) is 5.69 Å². The number of amides is 1. The molecule has 4 rings (SSSR count). The lowest BCUT2D eigenvalue weighted by Gasteiger charge is -2.29. The quantitative estimate of drug-likeness (QED) is 0.745. The fraction of sp³-hybridized carbons (Fsp3) is 0.278. The van der Waals surface area contributed by atoms with E-state index in [2.05, 4.69) is 4.72 Å². The zero-order valence-electron chi connectivity index (χ0n) is 14.8. The summed E-state index contributed by atoms with van der Waals surface area (Å²) in [5.41, 5.74) is 4.55. The van der Waals surface area contributed by atoms with Crippen LogP contribution in [0.2, 0.25) is 0 Å². The predicted octanol–water partition coefficient (Wildman–Crippen LogP) is 0.474. The molecule has 0 unspecified atom stereocenters. The van der Waals surface area contributed by atoms with Gasteiger partial charge in [0.05, 0.1) is 12.9 Å². The smallest absolute Gasteiger partial charge is 0.423 e. The number of fused-ring (bicyclic) bond motifs is 2. The second kappa shape index (κ2) is 6.67. The minimum atomic E-state index is -3.35. The van der Waals surface area contributed by atoms with E-state index in [1.54, 1.807) is 23.1 Å².